The lowest BCUT2D eigenvalue weighted by atomic mass is 9.76. The van der Waals surface area contributed by atoms with Gasteiger partial charge in [-0.2, -0.15) is 0 Å². The SMILES string of the molecule is CCOC(=O)[C@@]1(Cc2ccccc2)O[C@@H](c2ccc(Cl)cc2)[C@@H](C(=O)N2CCOC2=O)[C@@H]1C. The third kappa shape index (κ3) is 4.35. The number of halogens is 1. The van der Waals surface area contributed by atoms with E-state index in [9.17, 15) is 14.4 Å². The van der Waals surface area contributed by atoms with Gasteiger partial charge in [-0.1, -0.05) is 61.0 Å². The number of hydrogen-bond acceptors (Lipinski definition) is 6. The molecule has 0 N–H and O–H groups in total. The molecule has 174 valence electrons. The number of carbonyl (C=O) groups excluding carboxylic acids is 3. The fourth-order valence-corrected chi connectivity index (χ4v) is 4.79. The number of ether oxygens (including phenoxy) is 3. The minimum Gasteiger partial charge on any atom is -0.464 e. The van der Waals surface area contributed by atoms with Crippen molar-refractivity contribution in [2.75, 3.05) is 19.8 Å². The zero-order valence-corrected chi connectivity index (χ0v) is 19.3. The van der Waals surface area contributed by atoms with Gasteiger partial charge >= 0.3 is 12.1 Å². The number of rotatable bonds is 6. The molecule has 7 nitrogen and oxygen atoms in total. The van der Waals surface area contributed by atoms with Gasteiger partial charge in [0.2, 0.25) is 5.91 Å². The number of esters is 1. The standard InChI is InChI=1S/C25H26ClNO6/c1-3-31-23(29)25(15-17-7-5-4-6-8-17)16(2)20(22(28)27-13-14-32-24(27)30)21(33-25)18-9-11-19(26)12-10-18/h4-12,16,20-21H,3,13-15H2,1-2H3/t16-,20-,21-,25-/m0/s1. The van der Waals surface area contributed by atoms with Gasteiger partial charge in [-0.15, -0.1) is 0 Å². The van der Waals surface area contributed by atoms with Crippen LogP contribution in [0.4, 0.5) is 4.79 Å². The second kappa shape index (κ2) is 9.53. The summed E-state index contributed by atoms with van der Waals surface area (Å²) in [6.07, 6.45) is -1.23. The van der Waals surface area contributed by atoms with Crippen LogP contribution in [0, 0.1) is 11.8 Å². The zero-order valence-electron chi connectivity index (χ0n) is 18.5. The molecule has 8 heteroatoms. The molecule has 2 aliphatic rings. The van der Waals surface area contributed by atoms with Crippen molar-refractivity contribution in [3.8, 4) is 0 Å². The fourth-order valence-electron chi connectivity index (χ4n) is 4.67. The lowest BCUT2D eigenvalue weighted by Crippen LogP contribution is -2.49. The van der Waals surface area contributed by atoms with Crippen LogP contribution in [0.3, 0.4) is 0 Å². The van der Waals surface area contributed by atoms with Gasteiger partial charge < -0.3 is 14.2 Å². The molecule has 2 aromatic rings. The van der Waals surface area contributed by atoms with Gasteiger partial charge in [-0.05, 0) is 30.2 Å². The van der Waals surface area contributed by atoms with Crippen molar-refractivity contribution >= 4 is 29.6 Å². The Morgan fingerprint density at radius 1 is 1.15 bits per heavy atom. The first-order valence-corrected chi connectivity index (χ1v) is 11.4. The van der Waals surface area contributed by atoms with E-state index in [0.717, 1.165) is 10.5 Å². The summed E-state index contributed by atoms with van der Waals surface area (Å²) in [5.41, 5.74) is 0.156. The first kappa shape index (κ1) is 23.3. The Labute approximate surface area is 197 Å². The summed E-state index contributed by atoms with van der Waals surface area (Å²) in [5, 5.41) is 0.539. The third-order valence-corrected chi connectivity index (χ3v) is 6.63. The summed E-state index contributed by atoms with van der Waals surface area (Å²) >= 11 is 6.07. The van der Waals surface area contributed by atoms with E-state index in [1.165, 1.54) is 0 Å². The molecule has 0 aromatic heterocycles. The summed E-state index contributed by atoms with van der Waals surface area (Å²) < 4.78 is 17.0. The Balaban J connectivity index is 1.79. The van der Waals surface area contributed by atoms with Crippen LogP contribution in [-0.4, -0.2) is 48.2 Å². The number of nitrogens with zero attached hydrogens (tertiary/aromatic N) is 1. The normalized spacial score (nSPS) is 26.8. The van der Waals surface area contributed by atoms with E-state index in [2.05, 4.69) is 0 Å². The Morgan fingerprint density at radius 3 is 2.45 bits per heavy atom. The monoisotopic (exact) mass is 471 g/mol. The molecule has 2 heterocycles. The second-order valence-corrected chi connectivity index (χ2v) is 8.72. The highest BCUT2D eigenvalue weighted by Gasteiger charge is 2.61. The number of carbonyl (C=O) groups is 3. The molecule has 2 amide bonds. The molecule has 0 aliphatic carbocycles. The van der Waals surface area contributed by atoms with Crippen molar-refractivity contribution in [3.05, 3.63) is 70.7 Å². The van der Waals surface area contributed by atoms with E-state index < -0.39 is 41.5 Å². The maximum absolute atomic E-state index is 13.6. The molecule has 0 bridgehead atoms. The topological polar surface area (TPSA) is 82.1 Å². The minimum atomic E-state index is -1.41. The van der Waals surface area contributed by atoms with Crippen LogP contribution in [0.1, 0.15) is 31.1 Å². The quantitative estimate of drug-likeness (QED) is 0.587. The molecule has 4 atom stereocenters. The van der Waals surface area contributed by atoms with Crippen LogP contribution in [0.25, 0.3) is 0 Å². The summed E-state index contributed by atoms with van der Waals surface area (Å²) in [7, 11) is 0. The Kier molecular flexibility index (Phi) is 6.72. The van der Waals surface area contributed by atoms with Crippen LogP contribution < -0.4 is 0 Å². The average Bonchev–Trinajstić information content (AvgIpc) is 3.36. The average molecular weight is 472 g/mol. The second-order valence-electron chi connectivity index (χ2n) is 8.28. The summed E-state index contributed by atoms with van der Waals surface area (Å²) in [6.45, 7) is 4.02. The molecule has 0 saturated carbocycles. The molecule has 33 heavy (non-hydrogen) atoms. The third-order valence-electron chi connectivity index (χ3n) is 6.38. The number of hydrogen-bond donors (Lipinski definition) is 0. The van der Waals surface area contributed by atoms with Gasteiger partial charge in [0.1, 0.15) is 6.61 Å². The minimum absolute atomic E-state index is 0.144. The number of imide groups is 1. The smallest absolute Gasteiger partial charge is 0.416 e. The van der Waals surface area contributed by atoms with E-state index in [0.29, 0.717) is 10.6 Å². The van der Waals surface area contributed by atoms with Gasteiger partial charge in [0, 0.05) is 17.4 Å². The summed E-state index contributed by atoms with van der Waals surface area (Å²) in [4.78, 5) is 40.3. The zero-order chi connectivity index (χ0) is 23.6. The highest BCUT2D eigenvalue weighted by molar-refractivity contribution is 6.30. The predicted octanol–water partition coefficient (Wildman–Crippen LogP) is 4.19. The van der Waals surface area contributed by atoms with Gasteiger partial charge in [0.15, 0.2) is 5.60 Å². The van der Waals surface area contributed by atoms with Gasteiger partial charge in [0.25, 0.3) is 0 Å². The molecule has 0 spiro atoms. The fraction of sp³-hybridized carbons (Fsp3) is 0.400. The molecule has 0 unspecified atom stereocenters. The molecule has 2 aliphatic heterocycles. The largest absolute Gasteiger partial charge is 0.464 e. The first-order valence-electron chi connectivity index (χ1n) is 11.0. The van der Waals surface area contributed by atoms with Gasteiger partial charge in [-0.25, -0.2) is 14.5 Å². The van der Waals surface area contributed by atoms with E-state index >= 15 is 0 Å². The van der Waals surface area contributed by atoms with Gasteiger partial charge in [-0.3, -0.25) is 4.79 Å². The van der Waals surface area contributed by atoms with Crippen molar-refractivity contribution < 1.29 is 28.6 Å². The van der Waals surface area contributed by atoms with Crippen LogP contribution in [-0.2, 0) is 30.2 Å². The van der Waals surface area contributed by atoms with Crippen molar-refractivity contribution in [2.45, 2.75) is 32.0 Å². The van der Waals surface area contributed by atoms with Crippen LogP contribution in [0.5, 0.6) is 0 Å². The molecule has 2 aromatic carbocycles. The highest BCUT2D eigenvalue weighted by atomic mass is 35.5. The van der Waals surface area contributed by atoms with Gasteiger partial charge in [0.05, 0.1) is 25.2 Å². The highest BCUT2D eigenvalue weighted by Crippen LogP contribution is 2.51. The number of cyclic esters (lactones) is 1. The van der Waals surface area contributed by atoms with Crippen molar-refractivity contribution in [1.29, 1.82) is 0 Å². The lowest BCUT2D eigenvalue weighted by molar-refractivity contribution is -0.174. The molecular formula is C25H26ClNO6. The molecule has 2 saturated heterocycles. The van der Waals surface area contributed by atoms with Crippen molar-refractivity contribution in [1.82, 2.24) is 4.90 Å². The number of benzene rings is 2. The van der Waals surface area contributed by atoms with E-state index in [1.807, 2.05) is 30.3 Å². The maximum atomic E-state index is 13.6. The lowest BCUT2D eigenvalue weighted by Gasteiger charge is -2.31. The van der Waals surface area contributed by atoms with E-state index in [-0.39, 0.29) is 26.2 Å². The summed E-state index contributed by atoms with van der Waals surface area (Å²) in [5.74, 6) is -2.34. The van der Waals surface area contributed by atoms with E-state index in [4.69, 9.17) is 25.8 Å². The predicted molar refractivity (Wildman–Crippen MR) is 121 cm³/mol. The molecular weight excluding hydrogens is 446 g/mol. The first-order chi connectivity index (χ1) is 15.9. The maximum Gasteiger partial charge on any atom is 0.416 e. The van der Waals surface area contributed by atoms with E-state index in [1.54, 1.807) is 38.1 Å². The van der Waals surface area contributed by atoms with Crippen LogP contribution >= 0.6 is 11.6 Å². The molecule has 0 radical (unpaired) electrons. The Hall–Kier alpha value is -2.90. The van der Waals surface area contributed by atoms with Crippen LogP contribution in [0.2, 0.25) is 5.02 Å². The van der Waals surface area contributed by atoms with Crippen molar-refractivity contribution in [3.63, 3.8) is 0 Å². The van der Waals surface area contributed by atoms with Crippen molar-refractivity contribution in [2.24, 2.45) is 11.8 Å². The number of amides is 2. The Bertz CT molecular complexity index is 1030. The van der Waals surface area contributed by atoms with Crippen LogP contribution in [0.15, 0.2) is 54.6 Å². The molecule has 4 rings (SSSR count). The Morgan fingerprint density at radius 2 is 1.85 bits per heavy atom. The summed E-state index contributed by atoms with van der Waals surface area (Å²) in [6, 6.07) is 16.4. The molecule has 2 fully saturated rings.